The van der Waals surface area contributed by atoms with Crippen LogP contribution in [0.5, 0.6) is 0 Å². The van der Waals surface area contributed by atoms with E-state index in [1.54, 1.807) is 18.3 Å². The molecule has 0 fully saturated rings. The number of pyridine rings is 1. The number of hydrogen-bond donors (Lipinski definition) is 0. The van der Waals surface area contributed by atoms with Crippen LogP contribution in [0.2, 0.25) is 0 Å². The van der Waals surface area contributed by atoms with Gasteiger partial charge in [0.2, 0.25) is 0 Å². The molecule has 0 unspecified atom stereocenters. The number of hydrogen-bond acceptors (Lipinski definition) is 7. The average Bonchev–Trinajstić information content (AvgIpc) is 2.58. The van der Waals surface area contributed by atoms with Crippen molar-refractivity contribution >= 4 is 17.9 Å². The summed E-state index contributed by atoms with van der Waals surface area (Å²) < 4.78 is 14.8. The van der Waals surface area contributed by atoms with E-state index in [-0.39, 0.29) is 26.1 Å². The van der Waals surface area contributed by atoms with Crippen LogP contribution in [0.15, 0.2) is 24.5 Å². The van der Waals surface area contributed by atoms with Gasteiger partial charge in [-0.15, -0.1) is 0 Å². The molecule has 0 saturated heterocycles. The maximum Gasteiger partial charge on any atom is 0.339 e. The molecule has 0 saturated carbocycles. The Morgan fingerprint density at radius 1 is 1.00 bits per heavy atom. The maximum absolute atomic E-state index is 11.6. The molecule has 23 heavy (non-hydrogen) atoms. The highest BCUT2D eigenvalue weighted by Gasteiger charge is 2.09. The van der Waals surface area contributed by atoms with E-state index in [0.29, 0.717) is 18.6 Å². The molecule has 0 aliphatic rings. The van der Waals surface area contributed by atoms with Crippen molar-refractivity contribution in [1.82, 2.24) is 4.98 Å². The number of esters is 3. The van der Waals surface area contributed by atoms with E-state index in [4.69, 9.17) is 14.2 Å². The number of rotatable bonds is 10. The van der Waals surface area contributed by atoms with Gasteiger partial charge >= 0.3 is 17.9 Å². The summed E-state index contributed by atoms with van der Waals surface area (Å²) in [5.41, 5.74) is 0.370. The number of nitrogens with zero attached hydrogens (tertiary/aromatic N) is 1. The topological polar surface area (TPSA) is 91.8 Å². The SMILES string of the molecule is CCCOC(=O)CCC(=O)OCCCOC(=O)c1cccnc1. The minimum Gasteiger partial charge on any atom is -0.466 e. The van der Waals surface area contributed by atoms with Gasteiger partial charge < -0.3 is 14.2 Å². The van der Waals surface area contributed by atoms with Crippen molar-refractivity contribution in [3.05, 3.63) is 30.1 Å². The molecule has 7 nitrogen and oxygen atoms in total. The molecule has 7 heteroatoms. The molecule has 0 spiro atoms. The van der Waals surface area contributed by atoms with Crippen molar-refractivity contribution in [2.24, 2.45) is 0 Å². The molecule has 0 atom stereocenters. The number of carbonyl (C=O) groups is 3. The Morgan fingerprint density at radius 3 is 2.26 bits per heavy atom. The summed E-state index contributed by atoms with van der Waals surface area (Å²) >= 11 is 0. The first kappa shape index (κ1) is 18.6. The zero-order valence-corrected chi connectivity index (χ0v) is 13.2. The van der Waals surface area contributed by atoms with Gasteiger partial charge in [-0.3, -0.25) is 14.6 Å². The molecule has 0 N–H and O–H groups in total. The molecule has 126 valence electrons. The Kier molecular flexibility index (Phi) is 9.04. The largest absolute Gasteiger partial charge is 0.466 e. The smallest absolute Gasteiger partial charge is 0.339 e. The highest BCUT2D eigenvalue weighted by atomic mass is 16.5. The lowest BCUT2D eigenvalue weighted by molar-refractivity contribution is -0.150. The Bertz CT molecular complexity index is 503. The molecule has 1 aromatic rings. The van der Waals surface area contributed by atoms with E-state index in [1.165, 1.54) is 6.20 Å². The van der Waals surface area contributed by atoms with Crippen LogP contribution >= 0.6 is 0 Å². The second-order valence-corrected chi connectivity index (χ2v) is 4.67. The molecule has 1 rings (SSSR count). The predicted molar refractivity (Wildman–Crippen MR) is 80.6 cm³/mol. The highest BCUT2D eigenvalue weighted by Crippen LogP contribution is 2.01. The minimum absolute atomic E-state index is 0.00876. The predicted octanol–water partition coefficient (Wildman–Crippen LogP) is 1.91. The Balaban J connectivity index is 2.05. The molecule has 0 aliphatic carbocycles. The number of carbonyl (C=O) groups excluding carboxylic acids is 3. The van der Waals surface area contributed by atoms with Gasteiger partial charge in [0.1, 0.15) is 0 Å². The first-order valence-corrected chi connectivity index (χ1v) is 7.52. The molecule has 0 aromatic carbocycles. The molecule has 0 bridgehead atoms. The monoisotopic (exact) mass is 323 g/mol. The third kappa shape index (κ3) is 8.55. The lowest BCUT2D eigenvalue weighted by atomic mass is 10.3. The van der Waals surface area contributed by atoms with Gasteiger partial charge in [0.05, 0.1) is 38.2 Å². The van der Waals surface area contributed by atoms with Crippen molar-refractivity contribution in [3.63, 3.8) is 0 Å². The van der Waals surface area contributed by atoms with Crippen LogP contribution in [0.3, 0.4) is 0 Å². The average molecular weight is 323 g/mol. The van der Waals surface area contributed by atoms with Gasteiger partial charge in [0.25, 0.3) is 0 Å². The van der Waals surface area contributed by atoms with Crippen LogP contribution in [0, 0.1) is 0 Å². The third-order valence-electron chi connectivity index (χ3n) is 2.68. The second-order valence-electron chi connectivity index (χ2n) is 4.67. The van der Waals surface area contributed by atoms with Crippen LogP contribution in [-0.4, -0.2) is 42.7 Å². The van der Waals surface area contributed by atoms with Crippen molar-refractivity contribution in [2.45, 2.75) is 32.6 Å². The van der Waals surface area contributed by atoms with Crippen molar-refractivity contribution < 1.29 is 28.6 Å². The highest BCUT2D eigenvalue weighted by molar-refractivity contribution is 5.88. The van der Waals surface area contributed by atoms with E-state index in [0.717, 1.165) is 6.42 Å². The Morgan fingerprint density at radius 2 is 1.65 bits per heavy atom. The van der Waals surface area contributed by atoms with Crippen LogP contribution in [0.1, 0.15) is 43.0 Å². The van der Waals surface area contributed by atoms with E-state index in [9.17, 15) is 14.4 Å². The molecule has 1 aromatic heterocycles. The molecule has 0 radical (unpaired) electrons. The van der Waals surface area contributed by atoms with Gasteiger partial charge in [-0.1, -0.05) is 6.92 Å². The van der Waals surface area contributed by atoms with Gasteiger partial charge in [0.15, 0.2) is 0 Å². The van der Waals surface area contributed by atoms with E-state index in [2.05, 4.69) is 4.98 Å². The fourth-order valence-corrected chi connectivity index (χ4v) is 1.54. The third-order valence-corrected chi connectivity index (χ3v) is 2.68. The van der Waals surface area contributed by atoms with Crippen LogP contribution in [0.25, 0.3) is 0 Å². The Hall–Kier alpha value is -2.44. The summed E-state index contributed by atoms with van der Waals surface area (Å²) in [6.07, 6.45) is 4.10. The summed E-state index contributed by atoms with van der Waals surface area (Å²) in [7, 11) is 0. The van der Waals surface area contributed by atoms with Crippen LogP contribution in [0.4, 0.5) is 0 Å². The molecule has 0 amide bonds. The fourth-order valence-electron chi connectivity index (χ4n) is 1.54. The maximum atomic E-state index is 11.6. The number of ether oxygens (including phenoxy) is 3. The molecule has 0 aliphatic heterocycles. The zero-order valence-electron chi connectivity index (χ0n) is 13.2. The standard InChI is InChI=1S/C16H21NO6/c1-2-9-21-14(18)6-7-15(19)22-10-4-11-23-16(20)13-5-3-8-17-12-13/h3,5,8,12H,2,4,6-7,9-11H2,1H3. The molecular formula is C16H21NO6. The normalized spacial score (nSPS) is 9.96. The minimum atomic E-state index is -0.475. The molecular weight excluding hydrogens is 302 g/mol. The van der Waals surface area contributed by atoms with Gasteiger partial charge in [0, 0.05) is 18.8 Å². The summed E-state index contributed by atoms with van der Waals surface area (Å²) in [6.45, 7) is 2.52. The summed E-state index contributed by atoms with van der Waals surface area (Å²) in [5.74, 6) is -1.35. The molecule has 1 heterocycles. The first-order chi connectivity index (χ1) is 11.1. The number of aromatic nitrogens is 1. The van der Waals surface area contributed by atoms with Crippen molar-refractivity contribution in [1.29, 1.82) is 0 Å². The lowest BCUT2D eigenvalue weighted by Gasteiger charge is -2.06. The lowest BCUT2D eigenvalue weighted by Crippen LogP contribution is -2.13. The van der Waals surface area contributed by atoms with Crippen molar-refractivity contribution in [3.8, 4) is 0 Å². The fraction of sp³-hybridized carbons (Fsp3) is 0.500. The zero-order chi connectivity index (χ0) is 16.9. The van der Waals surface area contributed by atoms with Gasteiger partial charge in [-0.05, 0) is 18.6 Å². The summed E-state index contributed by atoms with van der Waals surface area (Å²) in [4.78, 5) is 38.0. The van der Waals surface area contributed by atoms with Crippen molar-refractivity contribution in [2.75, 3.05) is 19.8 Å². The second kappa shape index (κ2) is 11.2. The summed E-state index contributed by atoms with van der Waals surface area (Å²) in [6, 6.07) is 3.25. The van der Waals surface area contributed by atoms with Crippen LogP contribution in [-0.2, 0) is 23.8 Å². The van der Waals surface area contributed by atoms with Gasteiger partial charge in [-0.25, -0.2) is 4.79 Å². The van der Waals surface area contributed by atoms with Gasteiger partial charge in [-0.2, -0.15) is 0 Å². The van der Waals surface area contributed by atoms with E-state index >= 15 is 0 Å². The Labute approximate surface area is 134 Å². The van der Waals surface area contributed by atoms with E-state index < -0.39 is 17.9 Å². The van der Waals surface area contributed by atoms with E-state index in [1.807, 2.05) is 6.92 Å². The summed E-state index contributed by atoms with van der Waals surface area (Å²) in [5, 5.41) is 0. The van der Waals surface area contributed by atoms with Crippen LogP contribution < -0.4 is 0 Å². The quantitative estimate of drug-likeness (QED) is 0.369. The first-order valence-electron chi connectivity index (χ1n) is 7.52.